The molecule has 2 rings (SSSR count). The average molecular weight is 433 g/mol. The molecule has 0 aromatic carbocycles. The highest BCUT2D eigenvalue weighted by atomic mass is 16.7. The number of esters is 2. The second-order valence-electron chi connectivity index (χ2n) is 8.88. The summed E-state index contributed by atoms with van der Waals surface area (Å²) < 4.78 is 16.6. The van der Waals surface area contributed by atoms with Gasteiger partial charge in [0, 0.05) is 25.3 Å². The van der Waals surface area contributed by atoms with Crippen LogP contribution in [0.25, 0.3) is 0 Å². The van der Waals surface area contributed by atoms with Gasteiger partial charge in [0.25, 0.3) is 0 Å². The zero-order valence-electron chi connectivity index (χ0n) is 18.8. The molecule has 0 aromatic rings. The summed E-state index contributed by atoms with van der Waals surface area (Å²) in [5.74, 6) is -2.03. The van der Waals surface area contributed by atoms with Gasteiger partial charge in [-0.3, -0.25) is 14.4 Å². The Balaban J connectivity index is 2.45. The second kappa shape index (κ2) is 9.64. The first-order chi connectivity index (χ1) is 14.3. The fourth-order valence-electron chi connectivity index (χ4n) is 3.92. The molecule has 0 saturated heterocycles. The van der Waals surface area contributed by atoms with Gasteiger partial charge >= 0.3 is 11.9 Å². The predicted octanol–water partition coefficient (Wildman–Crippen LogP) is 3.54. The third kappa shape index (κ3) is 6.92. The normalized spacial score (nSPS) is 30.1. The van der Waals surface area contributed by atoms with Crippen LogP contribution in [0.4, 0.5) is 0 Å². The maximum Gasteiger partial charge on any atom is 0.305 e. The van der Waals surface area contributed by atoms with Crippen molar-refractivity contribution in [3.8, 4) is 0 Å². The Morgan fingerprint density at radius 2 is 1.97 bits per heavy atom. The van der Waals surface area contributed by atoms with Crippen molar-refractivity contribution in [1.29, 1.82) is 0 Å². The van der Waals surface area contributed by atoms with Crippen molar-refractivity contribution in [2.75, 3.05) is 0 Å². The molecule has 1 N–H and O–H groups in total. The lowest BCUT2D eigenvalue weighted by atomic mass is 9.74. The van der Waals surface area contributed by atoms with E-state index in [1.807, 2.05) is 19.1 Å². The number of ketones is 1. The molecule has 7 nitrogen and oxygen atoms in total. The maximum atomic E-state index is 13.0. The van der Waals surface area contributed by atoms with Crippen LogP contribution in [-0.2, 0) is 28.6 Å². The van der Waals surface area contributed by atoms with E-state index >= 15 is 0 Å². The smallest absolute Gasteiger partial charge is 0.305 e. The summed E-state index contributed by atoms with van der Waals surface area (Å²) in [6, 6.07) is 0. The lowest BCUT2D eigenvalue weighted by Crippen LogP contribution is -2.40. The van der Waals surface area contributed by atoms with Crippen LogP contribution in [-0.4, -0.2) is 40.3 Å². The molecule has 7 heteroatoms. The van der Waals surface area contributed by atoms with Gasteiger partial charge in [-0.05, 0) is 58.3 Å². The van der Waals surface area contributed by atoms with Gasteiger partial charge < -0.3 is 19.3 Å². The first-order valence-corrected chi connectivity index (χ1v) is 10.3. The number of aliphatic hydroxyl groups is 1. The summed E-state index contributed by atoms with van der Waals surface area (Å²) in [4.78, 5) is 36.2. The number of hydrogen-bond acceptors (Lipinski definition) is 7. The van der Waals surface area contributed by atoms with Gasteiger partial charge in [0.15, 0.2) is 5.78 Å². The minimum Gasteiger partial charge on any atom is -0.461 e. The molecular weight excluding hydrogens is 400 g/mol. The number of ether oxygens (including phenoxy) is 3. The van der Waals surface area contributed by atoms with Crippen molar-refractivity contribution in [1.82, 2.24) is 0 Å². The molecule has 0 spiro atoms. The molecule has 1 aliphatic carbocycles. The van der Waals surface area contributed by atoms with E-state index in [1.165, 1.54) is 32.3 Å². The van der Waals surface area contributed by atoms with E-state index in [1.54, 1.807) is 13.8 Å². The van der Waals surface area contributed by atoms with Crippen molar-refractivity contribution >= 4 is 17.7 Å². The minimum atomic E-state index is -1.15. The zero-order chi connectivity index (χ0) is 23.4. The van der Waals surface area contributed by atoms with Crippen molar-refractivity contribution in [2.24, 2.45) is 11.8 Å². The summed E-state index contributed by atoms with van der Waals surface area (Å²) in [5.41, 5.74) is -0.856. The van der Waals surface area contributed by atoms with E-state index in [0.717, 1.165) is 5.57 Å². The minimum absolute atomic E-state index is 0.312. The van der Waals surface area contributed by atoms with Crippen molar-refractivity contribution < 1.29 is 33.7 Å². The summed E-state index contributed by atoms with van der Waals surface area (Å²) in [7, 11) is 0. The Morgan fingerprint density at radius 1 is 1.29 bits per heavy atom. The molecule has 0 bridgehead atoms. The number of carbonyl (C=O) groups excluding carboxylic acids is 3. The van der Waals surface area contributed by atoms with Crippen LogP contribution in [0.15, 0.2) is 48.3 Å². The Morgan fingerprint density at radius 3 is 2.55 bits per heavy atom. The molecule has 0 unspecified atom stereocenters. The van der Waals surface area contributed by atoms with Crippen LogP contribution >= 0.6 is 0 Å². The number of allylic oxidation sites excluding steroid dienone is 3. The van der Waals surface area contributed by atoms with Crippen LogP contribution in [0.2, 0.25) is 0 Å². The fraction of sp³-hybridized carbons (Fsp3) is 0.542. The van der Waals surface area contributed by atoms with Crippen LogP contribution in [0, 0.1) is 11.8 Å². The largest absolute Gasteiger partial charge is 0.461 e. The number of fused-ring (bicyclic) bond motifs is 1. The molecule has 31 heavy (non-hydrogen) atoms. The Kier molecular flexibility index (Phi) is 7.65. The molecule has 0 amide bonds. The number of carbonyl (C=O) groups is 3. The van der Waals surface area contributed by atoms with Crippen molar-refractivity contribution in [3.05, 3.63) is 48.3 Å². The Bertz CT molecular complexity index is 827. The van der Waals surface area contributed by atoms with Crippen LogP contribution in [0.1, 0.15) is 53.9 Å². The van der Waals surface area contributed by atoms with Gasteiger partial charge in [0.05, 0.1) is 17.8 Å². The van der Waals surface area contributed by atoms with E-state index in [0.29, 0.717) is 24.8 Å². The molecule has 4 atom stereocenters. The van der Waals surface area contributed by atoms with Crippen LogP contribution in [0.5, 0.6) is 0 Å². The van der Waals surface area contributed by atoms with E-state index in [-0.39, 0.29) is 11.7 Å². The zero-order valence-corrected chi connectivity index (χ0v) is 18.8. The molecule has 1 aliphatic heterocycles. The van der Waals surface area contributed by atoms with Gasteiger partial charge in [-0.15, -0.1) is 0 Å². The fourth-order valence-corrected chi connectivity index (χ4v) is 3.92. The van der Waals surface area contributed by atoms with Gasteiger partial charge in [0.1, 0.15) is 5.60 Å². The Labute approximate surface area is 183 Å². The molecule has 0 radical (unpaired) electrons. The van der Waals surface area contributed by atoms with Crippen molar-refractivity contribution in [2.45, 2.75) is 71.4 Å². The average Bonchev–Trinajstić information content (AvgIpc) is 2.67. The lowest BCUT2D eigenvalue weighted by molar-refractivity contribution is -0.180. The quantitative estimate of drug-likeness (QED) is 0.403. The number of hydrogen-bond donors (Lipinski definition) is 1. The van der Waals surface area contributed by atoms with Crippen molar-refractivity contribution in [3.63, 3.8) is 0 Å². The SMILES string of the molecule is C=C1C/C=C\[C@@](C)(OC(C)=O)CC[C@@H]2C(C(=O)/C=C/C(C)(C)O)=CO[C@@H](OC(C)=O)[C@@H]12. The topological polar surface area (TPSA) is 99.1 Å². The summed E-state index contributed by atoms with van der Waals surface area (Å²) >= 11 is 0. The molecular formula is C24H32O7. The van der Waals surface area contributed by atoms with E-state index < -0.39 is 35.3 Å². The third-order valence-electron chi connectivity index (χ3n) is 5.32. The summed E-state index contributed by atoms with van der Waals surface area (Å²) in [6.07, 6.45) is 8.21. The van der Waals surface area contributed by atoms with Crippen LogP contribution < -0.4 is 0 Å². The van der Waals surface area contributed by atoms with Gasteiger partial charge in [-0.2, -0.15) is 0 Å². The van der Waals surface area contributed by atoms with Gasteiger partial charge in [-0.1, -0.05) is 18.2 Å². The molecule has 0 saturated carbocycles. The van der Waals surface area contributed by atoms with Gasteiger partial charge in [0.2, 0.25) is 6.29 Å². The lowest BCUT2D eigenvalue weighted by Gasteiger charge is -2.38. The van der Waals surface area contributed by atoms with E-state index in [4.69, 9.17) is 14.2 Å². The molecule has 170 valence electrons. The van der Waals surface area contributed by atoms with E-state index in [9.17, 15) is 19.5 Å². The summed E-state index contributed by atoms with van der Waals surface area (Å²) in [5, 5.41) is 9.93. The number of rotatable bonds is 5. The second-order valence-corrected chi connectivity index (χ2v) is 8.88. The molecule has 1 heterocycles. The highest BCUT2D eigenvalue weighted by Crippen LogP contribution is 2.42. The molecule has 0 aromatic heterocycles. The highest BCUT2D eigenvalue weighted by Gasteiger charge is 2.43. The van der Waals surface area contributed by atoms with Crippen LogP contribution in [0.3, 0.4) is 0 Å². The highest BCUT2D eigenvalue weighted by molar-refractivity contribution is 6.04. The van der Waals surface area contributed by atoms with E-state index in [2.05, 4.69) is 6.58 Å². The first kappa shape index (κ1) is 24.6. The predicted molar refractivity (Wildman–Crippen MR) is 114 cm³/mol. The standard InChI is InChI=1S/C24H32O7/c1-15-8-7-11-24(6,31-17(3)26)13-9-18-19(20(27)10-12-23(4,5)28)14-29-22(21(15)18)30-16(2)25/h7,10-12,14,18,21-22,28H,1,8-9,13H2,2-6H3/b11-7-,12-10+/t18-,21+,22+,24-/m1/s1. The molecule has 0 fully saturated rings. The maximum absolute atomic E-state index is 13.0. The summed E-state index contributed by atoms with van der Waals surface area (Å²) in [6.45, 7) is 11.8. The molecule has 2 aliphatic rings. The first-order valence-electron chi connectivity index (χ1n) is 10.3. The monoisotopic (exact) mass is 432 g/mol. The Hall–Kier alpha value is -2.67. The van der Waals surface area contributed by atoms with Gasteiger partial charge in [-0.25, -0.2) is 0 Å². The third-order valence-corrected chi connectivity index (χ3v) is 5.32.